The summed E-state index contributed by atoms with van der Waals surface area (Å²) < 4.78 is 6.84. The second-order valence-electron chi connectivity index (χ2n) is 4.68. The summed E-state index contributed by atoms with van der Waals surface area (Å²) in [6.45, 7) is -0.396. The van der Waals surface area contributed by atoms with Gasteiger partial charge in [0.05, 0.1) is 18.8 Å². The smallest absolute Gasteiger partial charge is 0.341 e. The lowest BCUT2D eigenvalue weighted by atomic mass is 10.0. The molecule has 0 aliphatic heterocycles. The summed E-state index contributed by atoms with van der Waals surface area (Å²) in [5.41, 5.74) is 2.05. The number of benzene rings is 2. The standard InChI is InChI=1S/C17H10ClI2NO3/c18-13-3-1-2-11(7-13)12(8-21)4-10-5-14(19)17(15(20)6-10)24-9-16(22)23/h1-7H,9H2,(H,22,23)/b12-4-. The Balaban J connectivity index is 2.38. The maximum absolute atomic E-state index is 10.6. The van der Waals surface area contributed by atoms with Crippen molar-refractivity contribution in [3.05, 3.63) is 59.7 Å². The molecule has 2 aromatic rings. The molecule has 0 amide bonds. The minimum Gasteiger partial charge on any atom is -0.480 e. The monoisotopic (exact) mass is 565 g/mol. The molecule has 0 saturated carbocycles. The fraction of sp³-hybridized carbons (Fsp3) is 0.0588. The van der Waals surface area contributed by atoms with E-state index in [4.69, 9.17) is 21.4 Å². The van der Waals surface area contributed by atoms with Crippen LogP contribution in [0.4, 0.5) is 0 Å². The Morgan fingerprint density at radius 1 is 1.29 bits per heavy atom. The third-order valence-corrected chi connectivity index (χ3v) is 4.77. The van der Waals surface area contributed by atoms with Crippen molar-refractivity contribution in [1.82, 2.24) is 0 Å². The number of hydrogen-bond acceptors (Lipinski definition) is 3. The second kappa shape index (κ2) is 8.69. The first-order valence-electron chi connectivity index (χ1n) is 6.62. The Hall–Kier alpha value is -1.31. The number of carboxylic acids is 1. The molecular formula is C17H10ClI2NO3. The SMILES string of the molecule is N#C/C(=C/c1cc(I)c(OCC(=O)O)c(I)c1)c1cccc(Cl)c1. The van der Waals surface area contributed by atoms with E-state index in [2.05, 4.69) is 51.3 Å². The van der Waals surface area contributed by atoms with Gasteiger partial charge in [0.1, 0.15) is 5.75 Å². The van der Waals surface area contributed by atoms with Crippen molar-refractivity contribution < 1.29 is 14.6 Å². The van der Waals surface area contributed by atoms with Gasteiger partial charge in [-0.05, 0) is 86.7 Å². The molecule has 0 heterocycles. The summed E-state index contributed by atoms with van der Waals surface area (Å²) in [6.07, 6.45) is 1.76. The summed E-state index contributed by atoms with van der Waals surface area (Å²) >= 11 is 10.1. The van der Waals surface area contributed by atoms with Crippen LogP contribution in [0.3, 0.4) is 0 Å². The zero-order valence-electron chi connectivity index (χ0n) is 12.1. The minimum absolute atomic E-state index is 0.396. The number of aliphatic carboxylic acids is 1. The van der Waals surface area contributed by atoms with Crippen LogP contribution in [0, 0.1) is 18.5 Å². The number of ether oxygens (including phenoxy) is 1. The van der Waals surface area contributed by atoms with E-state index in [0.717, 1.165) is 18.3 Å². The summed E-state index contributed by atoms with van der Waals surface area (Å²) in [6, 6.07) is 12.9. The molecule has 0 fully saturated rings. The van der Waals surface area contributed by atoms with Crippen LogP contribution in [-0.2, 0) is 4.79 Å². The van der Waals surface area contributed by atoms with Crippen molar-refractivity contribution in [3.8, 4) is 11.8 Å². The highest BCUT2D eigenvalue weighted by atomic mass is 127. The van der Waals surface area contributed by atoms with Gasteiger partial charge in [0.15, 0.2) is 6.61 Å². The van der Waals surface area contributed by atoms with Crippen LogP contribution in [-0.4, -0.2) is 17.7 Å². The largest absolute Gasteiger partial charge is 0.480 e. The molecule has 0 unspecified atom stereocenters. The van der Waals surface area contributed by atoms with Gasteiger partial charge in [0.2, 0.25) is 0 Å². The van der Waals surface area contributed by atoms with E-state index >= 15 is 0 Å². The van der Waals surface area contributed by atoms with Crippen LogP contribution in [0.2, 0.25) is 5.02 Å². The van der Waals surface area contributed by atoms with Crippen molar-refractivity contribution in [1.29, 1.82) is 5.26 Å². The van der Waals surface area contributed by atoms with Gasteiger partial charge in [0, 0.05) is 5.02 Å². The van der Waals surface area contributed by atoms with E-state index in [9.17, 15) is 10.1 Å². The normalized spacial score (nSPS) is 11.0. The van der Waals surface area contributed by atoms with Crippen molar-refractivity contribution in [3.63, 3.8) is 0 Å². The highest BCUT2D eigenvalue weighted by Gasteiger charge is 2.11. The molecule has 0 atom stereocenters. The lowest BCUT2D eigenvalue weighted by Gasteiger charge is -2.10. The number of allylic oxidation sites excluding steroid dienone is 1. The third-order valence-electron chi connectivity index (χ3n) is 2.93. The molecule has 7 heteroatoms. The summed E-state index contributed by atoms with van der Waals surface area (Å²) in [5.74, 6) is -0.504. The third kappa shape index (κ3) is 5.09. The van der Waals surface area contributed by atoms with Crippen LogP contribution < -0.4 is 4.74 Å². The fourth-order valence-corrected chi connectivity index (χ4v) is 4.26. The Morgan fingerprint density at radius 2 is 1.96 bits per heavy atom. The number of carbonyl (C=O) groups is 1. The van der Waals surface area contributed by atoms with E-state index in [0.29, 0.717) is 16.3 Å². The zero-order valence-corrected chi connectivity index (χ0v) is 17.2. The molecule has 0 bridgehead atoms. The number of rotatable bonds is 5. The molecule has 0 aliphatic carbocycles. The number of halogens is 3. The lowest BCUT2D eigenvalue weighted by molar-refractivity contribution is -0.139. The molecule has 2 aromatic carbocycles. The van der Waals surface area contributed by atoms with Gasteiger partial charge in [0.25, 0.3) is 0 Å². The van der Waals surface area contributed by atoms with Crippen LogP contribution in [0.25, 0.3) is 11.6 Å². The number of nitriles is 1. The van der Waals surface area contributed by atoms with Gasteiger partial charge in [-0.15, -0.1) is 0 Å². The van der Waals surface area contributed by atoms with Crippen LogP contribution in [0.5, 0.6) is 5.75 Å². The van der Waals surface area contributed by atoms with Crippen molar-refractivity contribution in [2.45, 2.75) is 0 Å². The quantitative estimate of drug-likeness (QED) is 0.312. The van der Waals surface area contributed by atoms with Crippen molar-refractivity contribution >= 4 is 74.4 Å². The minimum atomic E-state index is -1.03. The Kier molecular flexibility index (Phi) is 6.89. The van der Waals surface area contributed by atoms with Crippen molar-refractivity contribution in [2.24, 2.45) is 0 Å². The van der Waals surface area contributed by atoms with Gasteiger partial charge in [-0.2, -0.15) is 5.26 Å². The van der Waals surface area contributed by atoms with Gasteiger partial charge < -0.3 is 9.84 Å². The van der Waals surface area contributed by atoms with E-state index < -0.39 is 12.6 Å². The maximum Gasteiger partial charge on any atom is 0.341 e. The zero-order chi connectivity index (χ0) is 17.7. The van der Waals surface area contributed by atoms with Crippen LogP contribution in [0.1, 0.15) is 11.1 Å². The van der Waals surface area contributed by atoms with Gasteiger partial charge in [-0.25, -0.2) is 4.79 Å². The van der Waals surface area contributed by atoms with Crippen LogP contribution >= 0.6 is 56.8 Å². The van der Waals surface area contributed by atoms with E-state index in [1.165, 1.54) is 0 Å². The maximum atomic E-state index is 10.6. The first kappa shape index (κ1) is 19.0. The van der Waals surface area contributed by atoms with Gasteiger partial charge >= 0.3 is 5.97 Å². The topological polar surface area (TPSA) is 70.3 Å². The first-order valence-corrected chi connectivity index (χ1v) is 9.15. The number of hydrogen-bond donors (Lipinski definition) is 1. The molecule has 24 heavy (non-hydrogen) atoms. The fourth-order valence-electron chi connectivity index (χ4n) is 1.94. The molecular weight excluding hydrogens is 555 g/mol. The van der Waals surface area contributed by atoms with E-state index in [1.54, 1.807) is 24.3 Å². The van der Waals surface area contributed by atoms with Gasteiger partial charge in [-0.1, -0.05) is 23.7 Å². The van der Waals surface area contributed by atoms with Crippen LogP contribution in [0.15, 0.2) is 36.4 Å². The first-order chi connectivity index (χ1) is 11.4. The molecule has 122 valence electrons. The lowest BCUT2D eigenvalue weighted by Crippen LogP contribution is -2.11. The van der Waals surface area contributed by atoms with E-state index in [1.807, 2.05) is 18.2 Å². The highest BCUT2D eigenvalue weighted by molar-refractivity contribution is 14.1. The summed E-state index contributed by atoms with van der Waals surface area (Å²) in [5, 5.41) is 18.7. The predicted octanol–water partition coefficient (Wildman–Crippen LogP) is 5.08. The predicted molar refractivity (Wildman–Crippen MR) is 110 cm³/mol. The molecule has 0 saturated heterocycles. The molecule has 0 aromatic heterocycles. The Morgan fingerprint density at radius 3 is 2.50 bits per heavy atom. The molecule has 2 rings (SSSR count). The number of nitrogens with zero attached hydrogens (tertiary/aromatic N) is 1. The average Bonchev–Trinajstić information content (AvgIpc) is 2.51. The van der Waals surface area contributed by atoms with E-state index in [-0.39, 0.29) is 0 Å². The molecule has 1 N–H and O–H groups in total. The highest BCUT2D eigenvalue weighted by Crippen LogP contribution is 2.30. The molecule has 0 radical (unpaired) electrons. The Labute approximate surface area is 171 Å². The van der Waals surface area contributed by atoms with Crippen molar-refractivity contribution in [2.75, 3.05) is 6.61 Å². The number of carboxylic acid groups (broad SMARTS) is 1. The second-order valence-corrected chi connectivity index (χ2v) is 7.44. The molecule has 0 spiro atoms. The van der Waals surface area contributed by atoms with Gasteiger partial charge in [-0.3, -0.25) is 0 Å². The molecule has 4 nitrogen and oxygen atoms in total. The Bertz CT molecular complexity index is 836. The average molecular weight is 566 g/mol. The summed E-state index contributed by atoms with van der Waals surface area (Å²) in [7, 11) is 0. The summed E-state index contributed by atoms with van der Waals surface area (Å²) in [4.78, 5) is 10.6. The molecule has 0 aliphatic rings.